The monoisotopic (exact) mass is 345 g/mol. The molecular weight excluding hydrogens is 330 g/mol. The average Bonchev–Trinajstić information content (AvgIpc) is 2.60. The van der Waals surface area contributed by atoms with E-state index in [1.165, 1.54) is 37.1 Å². The van der Waals surface area contributed by atoms with E-state index in [0.29, 0.717) is 10.5 Å². The van der Waals surface area contributed by atoms with Crippen LogP contribution in [0.2, 0.25) is 0 Å². The molecule has 0 saturated carbocycles. The Morgan fingerprint density at radius 1 is 1.17 bits per heavy atom. The Labute approximate surface area is 143 Å². The molecule has 2 rings (SSSR count). The molecular formula is C17H15NO5S. The Morgan fingerprint density at radius 2 is 1.88 bits per heavy atom. The number of carbonyl (C=O) groups excluding carboxylic acids is 1. The Morgan fingerprint density at radius 3 is 2.46 bits per heavy atom. The van der Waals surface area contributed by atoms with Crippen molar-refractivity contribution in [2.24, 2.45) is 0 Å². The average molecular weight is 345 g/mol. The zero-order valence-electron chi connectivity index (χ0n) is 13.1. The van der Waals surface area contributed by atoms with Crippen molar-refractivity contribution in [1.29, 1.82) is 0 Å². The first kappa shape index (κ1) is 17.6. The molecule has 0 aliphatic carbocycles. The van der Waals surface area contributed by atoms with Crippen molar-refractivity contribution in [2.75, 3.05) is 14.2 Å². The molecule has 0 bridgehead atoms. The van der Waals surface area contributed by atoms with E-state index in [-0.39, 0.29) is 5.69 Å². The Bertz CT molecular complexity index is 771. The number of benzene rings is 2. The molecule has 124 valence electrons. The number of hydrogen-bond donors (Lipinski definition) is 0. The van der Waals surface area contributed by atoms with Crippen LogP contribution < -0.4 is 4.74 Å². The lowest BCUT2D eigenvalue weighted by Crippen LogP contribution is -1.94. The molecule has 0 atom stereocenters. The number of nitro benzene ring substituents is 1. The van der Waals surface area contributed by atoms with Crippen LogP contribution in [0.1, 0.15) is 5.56 Å². The van der Waals surface area contributed by atoms with Crippen molar-refractivity contribution >= 4 is 29.5 Å². The fraction of sp³-hybridized carbons (Fsp3) is 0.118. The van der Waals surface area contributed by atoms with Crippen molar-refractivity contribution in [1.82, 2.24) is 0 Å². The van der Waals surface area contributed by atoms with Crippen LogP contribution in [0.3, 0.4) is 0 Å². The molecule has 0 fully saturated rings. The van der Waals surface area contributed by atoms with Crippen LogP contribution in [0.5, 0.6) is 5.75 Å². The summed E-state index contributed by atoms with van der Waals surface area (Å²) in [5.41, 5.74) is 0.522. The predicted molar refractivity (Wildman–Crippen MR) is 91.3 cm³/mol. The second-order valence-corrected chi connectivity index (χ2v) is 5.73. The first-order valence-electron chi connectivity index (χ1n) is 6.90. The summed E-state index contributed by atoms with van der Waals surface area (Å²) in [5, 5.41) is 11.3. The molecule has 0 radical (unpaired) electrons. The van der Waals surface area contributed by atoms with E-state index in [1.807, 2.05) is 12.1 Å². The highest BCUT2D eigenvalue weighted by Crippen LogP contribution is 2.36. The number of carbonyl (C=O) groups is 1. The van der Waals surface area contributed by atoms with Gasteiger partial charge in [-0.25, -0.2) is 4.79 Å². The fourth-order valence-corrected chi connectivity index (χ4v) is 2.77. The first-order valence-corrected chi connectivity index (χ1v) is 7.71. The van der Waals surface area contributed by atoms with Crippen molar-refractivity contribution in [3.63, 3.8) is 0 Å². The highest BCUT2D eigenvalue weighted by atomic mass is 32.2. The van der Waals surface area contributed by atoms with Gasteiger partial charge >= 0.3 is 5.97 Å². The van der Waals surface area contributed by atoms with Crippen molar-refractivity contribution in [2.45, 2.75) is 9.79 Å². The van der Waals surface area contributed by atoms with Gasteiger partial charge in [-0.3, -0.25) is 10.1 Å². The quantitative estimate of drug-likeness (QED) is 0.341. The molecule has 7 heteroatoms. The second kappa shape index (κ2) is 8.16. The van der Waals surface area contributed by atoms with Gasteiger partial charge in [-0.15, -0.1) is 0 Å². The lowest BCUT2D eigenvalue weighted by molar-refractivity contribution is -0.387. The Kier molecular flexibility index (Phi) is 5.97. The van der Waals surface area contributed by atoms with Gasteiger partial charge in [0.25, 0.3) is 5.69 Å². The normalized spacial score (nSPS) is 10.6. The third-order valence-corrected chi connectivity index (χ3v) is 4.15. The van der Waals surface area contributed by atoms with Gasteiger partial charge < -0.3 is 9.47 Å². The molecule has 0 saturated heterocycles. The summed E-state index contributed by atoms with van der Waals surface area (Å²) in [7, 11) is 2.84. The summed E-state index contributed by atoms with van der Waals surface area (Å²) in [4.78, 5) is 23.4. The van der Waals surface area contributed by atoms with Gasteiger partial charge in [0.15, 0.2) is 0 Å². The van der Waals surface area contributed by atoms with E-state index in [4.69, 9.17) is 4.74 Å². The summed E-state index contributed by atoms with van der Waals surface area (Å²) in [6.45, 7) is 0. The fourth-order valence-electron chi connectivity index (χ4n) is 1.87. The van der Waals surface area contributed by atoms with E-state index in [2.05, 4.69) is 4.74 Å². The van der Waals surface area contributed by atoms with Gasteiger partial charge in [0.05, 0.1) is 24.0 Å². The SMILES string of the molecule is COC(=O)/C=C/c1ccc(Sc2ccc(OC)cc2)c([N+](=O)[O-])c1. The van der Waals surface area contributed by atoms with Crippen LogP contribution in [0.15, 0.2) is 58.3 Å². The topological polar surface area (TPSA) is 78.7 Å². The van der Waals surface area contributed by atoms with E-state index in [9.17, 15) is 14.9 Å². The minimum absolute atomic E-state index is 0.0252. The van der Waals surface area contributed by atoms with E-state index >= 15 is 0 Å². The van der Waals surface area contributed by atoms with Crippen molar-refractivity contribution < 1.29 is 19.2 Å². The number of hydrogen-bond acceptors (Lipinski definition) is 6. The molecule has 0 spiro atoms. The molecule has 0 amide bonds. The summed E-state index contributed by atoms with van der Waals surface area (Å²) in [5.74, 6) is 0.200. The third kappa shape index (κ3) is 4.60. The molecule has 0 N–H and O–H groups in total. The summed E-state index contributed by atoms with van der Waals surface area (Å²) < 4.78 is 9.59. The van der Waals surface area contributed by atoms with Crippen LogP contribution in [-0.2, 0) is 9.53 Å². The summed E-state index contributed by atoms with van der Waals surface area (Å²) in [6.07, 6.45) is 2.69. The Balaban J connectivity index is 2.27. The zero-order valence-corrected chi connectivity index (χ0v) is 13.9. The van der Waals surface area contributed by atoms with Crippen LogP contribution in [-0.4, -0.2) is 25.1 Å². The number of nitro groups is 1. The van der Waals surface area contributed by atoms with Crippen molar-refractivity contribution in [3.8, 4) is 5.75 Å². The first-order chi connectivity index (χ1) is 11.5. The number of ether oxygens (including phenoxy) is 2. The van der Waals surface area contributed by atoms with Gasteiger partial charge in [-0.05, 0) is 42.0 Å². The Hall–Kier alpha value is -2.80. The minimum atomic E-state index is -0.519. The number of rotatable bonds is 6. The molecule has 0 aromatic heterocycles. The zero-order chi connectivity index (χ0) is 17.5. The molecule has 0 unspecified atom stereocenters. The van der Waals surface area contributed by atoms with E-state index in [1.54, 1.807) is 31.4 Å². The highest BCUT2D eigenvalue weighted by Gasteiger charge is 2.15. The standard InChI is InChI=1S/C17H15NO5S/c1-22-13-5-7-14(8-6-13)24-16-9-3-12(4-10-17(19)23-2)11-15(16)18(20)21/h3-11H,1-2H3/b10-4+. The molecule has 24 heavy (non-hydrogen) atoms. The maximum atomic E-state index is 11.3. The molecule has 0 heterocycles. The second-order valence-electron chi connectivity index (χ2n) is 4.62. The lowest BCUT2D eigenvalue weighted by atomic mass is 10.2. The van der Waals surface area contributed by atoms with Crippen LogP contribution in [0, 0.1) is 10.1 Å². The van der Waals surface area contributed by atoms with Gasteiger partial charge in [-0.2, -0.15) is 0 Å². The highest BCUT2D eigenvalue weighted by molar-refractivity contribution is 7.99. The summed E-state index contributed by atoms with van der Waals surface area (Å²) in [6, 6.07) is 12.0. The van der Waals surface area contributed by atoms with Crippen LogP contribution in [0.25, 0.3) is 6.08 Å². The maximum absolute atomic E-state index is 11.3. The largest absolute Gasteiger partial charge is 0.497 e. The molecule has 2 aromatic rings. The van der Waals surface area contributed by atoms with Crippen molar-refractivity contribution in [3.05, 3.63) is 64.2 Å². The van der Waals surface area contributed by atoms with Gasteiger partial charge in [-0.1, -0.05) is 17.8 Å². The number of esters is 1. The predicted octanol–water partition coefficient (Wildman–Crippen LogP) is 3.94. The number of methoxy groups -OCH3 is 2. The summed E-state index contributed by atoms with van der Waals surface area (Å²) >= 11 is 1.29. The minimum Gasteiger partial charge on any atom is -0.497 e. The third-order valence-electron chi connectivity index (χ3n) is 3.08. The van der Waals surface area contributed by atoms with Crippen LogP contribution in [0.4, 0.5) is 5.69 Å². The van der Waals surface area contributed by atoms with Gasteiger partial charge in [0, 0.05) is 17.0 Å². The lowest BCUT2D eigenvalue weighted by Gasteiger charge is -2.05. The van der Waals surface area contributed by atoms with Gasteiger partial charge in [0.1, 0.15) is 5.75 Å². The smallest absolute Gasteiger partial charge is 0.330 e. The molecule has 2 aromatic carbocycles. The molecule has 6 nitrogen and oxygen atoms in total. The molecule has 0 aliphatic rings. The maximum Gasteiger partial charge on any atom is 0.330 e. The van der Waals surface area contributed by atoms with E-state index in [0.717, 1.165) is 10.6 Å². The van der Waals surface area contributed by atoms with Crippen LogP contribution >= 0.6 is 11.8 Å². The molecule has 0 aliphatic heterocycles. The van der Waals surface area contributed by atoms with Gasteiger partial charge in [0.2, 0.25) is 0 Å². The van der Waals surface area contributed by atoms with E-state index < -0.39 is 10.9 Å². The number of nitrogens with zero attached hydrogens (tertiary/aromatic N) is 1.